The van der Waals surface area contributed by atoms with Crippen LogP contribution in [0.4, 0.5) is 17.2 Å². The number of aromatic amines is 1. The highest BCUT2D eigenvalue weighted by molar-refractivity contribution is 5.61. The molecule has 0 bridgehead atoms. The fourth-order valence-corrected chi connectivity index (χ4v) is 1.90. The number of nitrogens with zero attached hydrogens (tertiary/aromatic N) is 2. The SMILES string of the molecule is CNc1ccc(Nc2ccc(-c3ccc[nH]3)nn2)cc1. The van der Waals surface area contributed by atoms with Crippen molar-refractivity contribution in [3.63, 3.8) is 0 Å². The Bertz CT molecular complexity index is 656. The van der Waals surface area contributed by atoms with Crippen LogP contribution in [-0.4, -0.2) is 22.2 Å². The van der Waals surface area contributed by atoms with E-state index in [9.17, 15) is 0 Å². The van der Waals surface area contributed by atoms with Gasteiger partial charge in [-0.3, -0.25) is 0 Å². The third-order valence-electron chi connectivity index (χ3n) is 2.98. The van der Waals surface area contributed by atoms with E-state index in [4.69, 9.17) is 0 Å². The summed E-state index contributed by atoms with van der Waals surface area (Å²) in [6.07, 6.45) is 1.87. The maximum atomic E-state index is 4.19. The molecule has 0 aliphatic carbocycles. The minimum absolute atomic E-state index is 0.720. The molecule has 0 saturated heterocycles. The largest absolute Gasteiger partial charge is 0.388 e. The first-order chi connectivity index (χ1) is 9.85. The van der Waals surface area contributed by atoms with Crippen molar-refractivity contribution in [3.05, 3.63) is 54.7 Å². The van der Waals surface area contributed by atoms with E-state index in [1.807, 2.05) is 61.8 Å². The minimum Gasteiger partial charge on any atom is -0.388 e. The first kappa shape index (κ1) is 12.2. The first-order valence-electron chi connectivity index (χ1n) is 6.37. The van der Waals surface area contributed by atoms with Gasteiger partial charge in [-0.15, -0.1) is 10.2 Å². The van der Waals surface area contributed by atoms with E-state index in [1.165, 1.54) is 0 Å². The van der Waals surface area contributed by atoms with Gasteiger partial charge in [0.15, 0.2) is 5.82 Å². The van der Waals surface area contributed by atoms with Crippen molar-refractivity contribution in [2.75, 3.05) is 17.7 Å². The average molecular weight is 265 g/mol. The van der Waals surface area contributed by atoms with Crippen LogP contribution >= 0.6 is 0 Å². The van der Waals surface area contributed by atoms with Gasteiger partial charge in [0.25, 0.3) is 0 Å². The molecule has 0 fully saturated rings. The number of benzene rings is 1. The third-order valence-corrected chi connectivity index (χ3v) is 2.98. The van der Waals surface area contributed by atoms with Gasteiger partial charge in [-0.1, -0.05) is 0 Å². The minimum atomic E-state index is 0.720. The third kappa shape index (κ3) is 2.61. The van der Waals surface area contributed by atoms with E-state index in [0.717, 1.165) is 28.6 Å². The van der Waals surface area contributed by atoms with Crippen LogP contribution in [0, 0.1) is 0 Å². The predicted molar refractivity (Wildman–Crippen MR) is 81.1 cm³/mol. The van der Waals surface area contributed by atoms with Crippen molar-refractivity contribution in [2.45, 2.75) is 0 Å². The monoisotopic (exact) mass is 265 g/mol. The van der Waals surface area contributed by atoms with Crippen molar-refractivity contribution in [3.8, 4) is 11.4 Å². The highest BCUT2D eigenvalue weighted by Gasteiger charge is 2.01. The second-order valence-electron chi connectivity index (χ2n) is 4.34. The molecule has 0 aliphatic rings. The lowest BCUT2D eigenvalue weighted by Gasteiger charge is -2.06. The van der Waals surface area contributed by atoms with Crippen molar-refractivity contribution in [1.82, 2.24) is 15.2 Å². The molecule has 5 nitrogen and oxygen atoms in total. The number of nitrogens with one attached hydrogen (secondary N) is 3. The number of hydrogen-bond acceptors (Lipinski definition) is 4. The summed E-state index contributed by atoms with van der Waals surface area (Å²) in [7, 11) is 1.90. The lowest BCUT2D eigenvalue weighted by molar-refractivity contribution is 1.04. The summed E-state index contributed by atoms with van der Waals surface area (Å²) in [5, 5.41) is 14.7. The standard InChI is InChI=1S/C15H15N5/c1-16-11-4-6-12(7-5-11)18-15-9-8-14(19-20-15)13-3-2-10-17-13/h2-10,16-17H,1H3,(H,18,20). The molecule has 20 heavy (non-hydrogen) atoms. The summed E-state index contributed by atoms with van der Waals surface area (Å²) in [4.78, 5) is 3.11. The average Bonchev–Trinajstić information content (AvgIpc) is 3.03. The molecule has 100 valence electrons. The summed E-state index contributed by atoms with van der Waals surface area (Å²) >= 11 is 0. The molecular formula is C15H15N5. The van der Waals surface area contributed by atoms with Crippen molar-refractivity contribution < 1.29 is 0 Å². The smallest absolute Gasteiger partial charge is 0.153 e. The Labute approximate surface area is 117 Å². The Morgan fingerprint density at radius 3 is 2.30 bits per heavy atom. The Kier molecular flexibility index (Phi) is 3.33. The van der Waals surface area contributed by atoms with Crippen LogP contribution < -0.4 is 10.6 Å². The van der Waals surface area contributed by atoms with Gasteiger partial charge in [0, 0.05) is 24.6 Å². The summed E-state index contributed by atoms with van der Waals surface area (Å²) in [5.41, 5.74) is 3.84. The molecule has 0 radical (unpaired) electrons. The van der Waals surface area contributed by atoms with E-state index < -0.39 is 0 Å². The lowest BCUT2D eigenvalue weighted by atomic mass is 10.2. The van der Waals surface area contributed by atoms with Crippen LogP contribution in [0.5, 0.6) is 0 Å². The van der Waals surface area contributed by atoms with Gasteiger partial charge >= 0.3 is 0 Å². The van der Waals surface area contributed by atoms with Crippen LogP contribution in [-0.2, 0) is 0 Å². The molecule has 2 aromatic heterocycles. The second kappa shape index (κ2) is 5.44. The lowest BCUT2D eigenvalue weighted by Crippen LogP contribution is -1.96. The van der Waals surface area contributed by atoms with Gasteiger partial charge in [-0.25, -0.2) is 0 Å². The molecule has 0 unspecified atom stereocenters. The van der Waals surface area contributed by atoms with Gasteiger partial charge in [0.05, 0.1) is 5.69 Å². The van der Waals surface area contributed by atoms with Crippen molar-refractivity contribution in [1.29, 1.82) is 0 Å². The first-order valence-corrected chi connectivity index (χ1v) is 6.37. The molecule has 0 amide bonds. The quantitative estimate of drug-likeness (QED) is 0.677. The van der Waals surface area contributed by atoms with Crippen LogP contribution in [0.3, 0.4) is 0 Å². The van der Waals surface area contributed by atoms with E-state index >= 15 is 0 Å². The number of H-pyrrole nitrogens is 1. The van der Waals surface area contributed by atoms with Gasteiger partial charge < -0.3 is 15.6 Å². The van der Waals surface area contributed by atoms with E-state index in [0.29, 0.717) is 0 Å². The van der Waals surface area contributed by atoms with Crippen LogP contribution in [0.1, 0.15) is 0 Å². The zero-order chi connectivity index (χ0) is 13.8. The van der Waals surface area contributed by atoms with Gasteiger partial charge in [0.1, 0.15) is 5.69 Å². The van der Waals surface area contributed by atoms with Crippen LogP contribution in [0.25, 0.3) is 11.4 Å². The number of aromatic nitrogens is 3. The highest BCUT2D eigenvalue weighted by Crippen LogP contribution is 2.19. The Morgan fingerprint density at radius 1 is 0.900 bits per heavy atom. The molecule has 0 saturated carbocycles. The molecule has 3 N–H and O–H groups in total. The molecule has 0 aliphatic heterocycles. The normalized spacial score (nSPS) is 10.2. The summed E-state index contributed by atoms with van der Waals surface area (Å²) in [6.45, 7) is 0. The Hall–Kier alpha value is -2.82. The molecule has 2 heterocycles. The van der Waals surface area contributed by atoms with E-state index in [-0.39, 0.29) is 0 Å². The van der Waals surface area contributed by atoms with Crippen LogP contribution in [0.15, 0.2) is 54.7 Å². The topological polar surface area (TPSA) is 65.6 Å². The van der Waals surface area contributed by atoms with E-state index in [2.05, 4.69) is 25.8 Å². The molecule has 0 atom stereocenters. The second-order valence-corrected chi connectivity index (χ2v) is 4.34. The zero-order valence-electron chi connectivity index (χ0n) is 11.1. The molecular weight excluding hydrogens is 250 g/mol. The van der Waals surface area contributed by atoms with Gasteiger partial charge in [-0.05, 0) is 48.5 Å². The van der Waals surface area contributed by atoms with Gasteiger partial charge in [0.2, 0.25) is 0 Å². The van der Waals surface area contributed by atoms with E-state index in [1.54, 1.807) is 0 Å². The Morgan fingerprint density at radius 2 is 1.70 bits per heavy atom. The number of hydrogen-bond donors (Lipinski definition) is 3. The van der Waals surface area contributed by atoms with Crippen molar-refractivity contribution in [2.24, 2.45) is 0 Å². The molecule has 5 heteroatoms. The Balaban J connectivity index is 1.74. The number of rotatable bonds is 4. The molecule has 3 rings (SSSR count). The summed E-state index contributed by atoms with van der Waals surface area (Å²) < 4.78 is 0. The fourth-order valence-electron chi connectivity index (χ4n) is 1.90. The van der Waals surface area contributed by atoms with Crippen LogP contribution in [0.2, 0.25) is 0 Å². The maximum absolute atomic E-state index is 4.19. The molecule has 0 spiro atoms. The number of anilines is 3. The fraction of sp³-hybridized carbons (Fsp3) is 0.0667. The molecule has 1 aromatic carbocycles. The molecule has 3 aromatic rings. The summed E-state index contributed by atoms with van der Waals surface area (Å²) in [6, 6.07) is 15.7. The van der Waals surface area contributed by atoms with Crippen molar-refractivity contribution >= 4 is 17.2 Å². The predicted octanol–water partition coefficient (Wildman–Crippen LogP) is 3.26. The highest BCUT2D eigenvalue weighted by atomic mass is 15.2. The zero-order valence-corrected chi connectivity index (χ0v) is 11.1. The maximum Gasteiger partial charge on any atom is 0.153 e. The summed E-state index contributed by atoms with van der Waals surface area (Å²) in [5.74, 6) is 0.720. The van der Waals surface area contributed by atoms with Gasteiger partial charge in [-0.2, -0.15) is 0 Å².